The van der Waals surface area contributed by atoms with Crippen molar-refractivity contribution in [3.8, 4) is 17.0 Å². The van der Waals surface area contributed by atoms with Gasteiger partial charge in [-0.2, -0.15) is 0 Å². The van der Waals surface area contributed by atoms with E-state index in [1.807, 2.05) is 54.6 Å². The molecule has 0 saturated carbocycles. The maximum Gasteiger partial charge on any atom is 0.252 e. The zero-order chi connectivity index (χ0) is 20.1. The highest BCUT2D eigenvalue weighted by Gasteiger charge is 2.19. The number of nitrogens with one attached hydrogen (secondary N) is 1. The third kappa shape index (κ3) is 4.57. The number of benzene rings is 2. The summed E-state index contributed by atoms with van der Waals surface area (Å²) in [6.45, 7) is 4.06. The molecule has 2 aromatic carbocycles. The summed E-state index contributed by atoms with van der Waals surface area (Å²) in [6.07, 6.45) is 3.11. The van der Waals surface area contributed by atoms with Gasteiger partial charge in [-0.25, -0.2) is 4.98 Å². The van der Waals surface area contributed by atoms with Gasteiger partial charge in [-0.05, 0) is 43.5 Å². The van der Waals surface area contributed by atoms with Crippen LogP contribution in [0, 0.1) is 0 Å². The predicted octanol–water partition coefficient (Wildman–Crippen LogP) is 4.60. The fourth-order valence-electron chi connectivity index (χ4n) is 3.58. The van der Waals surface area contributed by atoms with Gasteiger partial charge in [0.2, 0.25) is 0 Å². The quantitative estimate of drug-likeness (QED) is 0.640. The molecular weight excluding hydrogens is 364 g/mol. The number of para-hydroxylation sites is 1. The third-order valence-corrected chi connectivity index (χ3v) is 5.08. The van der Waals surface area contributed by atoms with Crippen molar-refractivity contribution in [1.82, 2.24) is 10.3 Å². The highest BCUT2D eigenvalue weighted by atomic mass is 16.5. The van der Waals surface area contributed by atoms with E-state index in [4.69, 9.17) is 14.5 Å². The Morgan fingerprint density at radius 1 is 1.21 bits per heavy atom. The van der Waals surface area contributed by atoms with E-state index in [-0.39, 0.29) is 12.0 Å². The van der Waals surface area contributed by atoms with Crippen LogP contribution in [0.2, 0.25) is 0 Å². The average molecular weight is 390 g/mol. The molecule has 4 rings (SSSR count). The van der Waals surface area contributed by atoms with Crippen LogP contribution in [0.4, 0.5) is 0 Å². The SMILES string of the molecule is CCCOc1cccc(-c2cc(C(=O)NC[C@H]3CCCO3)c3ccccc3n2)c1. The second-order valence-electron chi connectivity index (χ2n) is 7.29. The highest BCUT2D eigenvalue weighted by Crippen LogP contribution is 2.27. The van der Waals surface area contributed by atoms with Crippen molar-refractivity contribution >= 4 is 16.8 Å². The summed E-state index contributed by atoms with van der Waals surface area (Å²) in [4.78, 5) is 17.8. The van der Waals surface area contributed by atoms with Crippen molar-refractivity contribution in [2.75, 3.05) is 19.8 Å². The second kappa shape index (κ2) is 9.05. The summed E-state index contributed by atoms with van der Waals surface area (Å²) >= 11 is 0. The molecule has 3 aromatic rings. The van der Waals surface area contributed by atoms with Gasteiger partial charge in [0, 0.05) is 24.1 Å². The molecule has 5 heteroatoms. The smallest absolute Gasteiger partial charge is 0.252 e. The molecule has 1 fully saturated rings. The molecule has 5 nitrogen and oxygen atoms in total. The van der Waals surface area contributed by atoms with E-state index < -0.39 is 0 Å². The topological polar surface area (TPSA) is 60.5 Å². The van der Waals surface area contributed by atoms with Crippen LogP contribution in [0.15, 0.2) is 54.6 Å². The lowest BCUT2D eigenvalue weighted by Gasteiger charge is -2.13. The van der Waals surface area contributed by atoms with Crippen LogP contribution in [-0.4, -0.2) is 36.8 Å². The van der Waals surface area contributed by atoms with Crippen LogP contribution >= 0.6 is 0 Å². The largest absolute Gasteiger partial charge is 0.494 e. The van der Waals surface area contributed by atoms with Gasteiger partial charge in [0.05, 0.1) is 29.5 Å². The molecule has 1 aromatic heterocycles. The lowest BCUT2D eigenvalue weighted by Crippen LogP contribution is -2.31. The minimum Gasteiger partial charge on any atom is -0.494 e. The molecule has 0 bridgehead atoms. The van der Waals surface area contributed by atoms with Gasteiger partial charge in [0.25, 0.3) is 5.91 Å². The molecule has 1 amide bonds. The van der Waals surface area contributed by atoms with Crippen molar-refractivity contribution in [3.63, 3.8) is 0 Å². The number of carbonyl (C=O) groups is 1. The fourth-order valence-corrected chi connectivity index (χ4v) is 3.58. The molecular formula is C24H26N2O3. The van der Waals surface area contributed by atoms with E-state index in [0.29, 0.717) is 18.7 Å². The lowest BCUT2D eigenvalue weighted by atomic mass is 10.0. The first kappa shape index (κ1) is 19.4. The van der Waals surface area contributed by atoms with Crippen LogP contribution in [0.25, 0.3) is 22.2 Å². The Hall–Kier alpha value is -2.92. The predicted molar refractivity (Wildman–Crippen MR) is 114 cm³/mol. The Morgan fingerprint density at radius 2 is 2.10 bits per heavy atom. The number of amides is 1. The molecule has 1 saturated heterocycles. The van der Waals surface area contributed by atoms with E-state index in [1.165, 1.54) is 0 Å². The minimum atomic E-state index is -0.0984. The van der Waals surface area contributed by atoms with Crippen molar-refractivity contribution in [2.45, 2.75) is 32.3 Å². The number of pyridine rings is 1. The molecule has 1 aliphatic rings. The molecule has 0 unspecified atom stereocenters. The van der Waals surface area contributed by atoms with Crippen LogP contribution in [0.1, 0.15) is 36.5 Å². The first-order chi connectivity index (χ1) is 14.2. The average Bonchev–Trinajstić information content (AvgIpc) is 3.29. The third-order valence-electron chi connectivity index (χ3n) is 5.08. The second-order valence-corrected chi connectivity index (χ2v) is 7.29. The normalized spacial score (nSPS) is 16.1. The van der Waals surface area contributed by atoms with Crippen LogP contribution in [0.5, 0.6) is 5.75 Å². The van der Waals surface area contributed by atoms with Gasteiger partial charge < -0.3 is 14.8 Å². The van der Waals surface area contributed by atoms with Crippen molar-refractivity contribution in [2.24, 2.45) is 0 Å². The van der Waals surface area contributed by atoms with Gasteiger partial charge in [-0.3, -0.25) is 4.79 Å². The number of aromatic nitrogens is 1. The minimum absolute atomic E-state index is 0.0984. The summed E-state index contributed by atoms with van der Waals surface area (Å²) < 4.78 is 11.4. The molecule has 2 heterocycles. The number of ether oxygens (including phenoxy) is 2. The summed E-state index contributed by atoms with van der Waals surface area (Å²) in [5, 5.41) is 3.88. The first-order valence-corrected chi connectivity index (χ1v) is 10.3. The molecule has 0 radical (unpaired) electrons. The highest BCUT2D eigenvalue weighted by molar-refractivity contribution is 6.07. The maximum absolute atomic E-state index is 13.0. The Balaban J connectivity index is 1.66. The molecule has 1 N–H and O–H groups in total. The Labute approximate surface area is 171 Å². The zero-order valence-corrected chi connectivity index (χ0v) is 16.7. The molecule has 150 valence electrons. The van der Waals surface area contributed by atoms with Crippen LogP contribution in [0.3, 0.4) is 0 Å². The number of hydrogen-bond donors (Lipinski definition) is 1. The van der Waals surface area contributed by atoms with Gasteiger partial charge in [0.15, 0.2) is 0 Å². The summed E-state index contributed by atoms with van der Waals surface area (Å²) in [6, 6.07) is 17.5. The maximum atomic E-state index is 13.0. The number of nitrogens with zero attached hydrogens (tertiary/aromatic N) is 1. The number of hydrogen-bond acceptors (Lipinski definition) is 4. The monoisotopic (exact) mass is 390 g/mol. The Morgan fingerprint density at radius 3 is 2.93 bits per heavy atom. The summed E-state index contributed by atoms with van der Waals surface area (Å²) in [5.74, 6) is 0.711. The van der Waals surface area contributed by atoms with Crippen LogP contribution < -0.4 is 10.1 Å². The zero-order valence-electron chi connectivity index (χ0n) is 16.7. The molecule has 1 atom stereocenters. The number of rotatable bonds is 7. The number of carbonyl (C=O) groups excluding carboxylic acids is 1. The number of fused-ring (bicyclic) bond motifs is 1. The fraction of sp³-hybridized carbons (Fsp3) is 0.333. The van der Waals surface area contributed by atoms with E-state index >= 15 is 0 Å². The molecule has 29 heavy (non-hydrogen) atoms. The van der Waals surface area contributed by atoms with E-state index in [1.54, 1.807) is 0 Å². The summed E-state index contributed by atoms with van der Waals surface area (Å²) in [7, 11) is 0. The van der Waals surface area contributed by atoms with Gasteiger partial charge in [-0.15, -0.1) is 0 Å². The Kier molecular flexibility index (Phi) is 6.06. The molecule has 1 aliphatic heterocycles. The van der Waals surface area contributed by atoms with Crippen molar-refractivity contribution < 1.29 is 14.3 Å². The standard InChI is InChI=1S/C24H26N2O3/c1-2-12-28-18-8-5-7-17(14-18)23-15-21(20-10-3-4-11-22(20)26-23)24(27)25-16-19-9-6-13-29-19/h3-5,7-8,10-11,14-15,19H,2,6,9,12-13,16H2,1H3,(H,25,27)/t19-/m1/s1. The van der Waals surface area contributed by atoms with Gasteiger partial charge >= 0.3 is 0 Å². The first-order valence-electron chi connectivity index (χ1n) is 10.3. The van der Waals surface area contributed by atoms with Gasteiger partial charge in [-0.1, -0.05) is 37.3 Å². The molecule has 0 aliphatic carbocycles. The van der Waals surface area contributed by atoms with E-state index in [0.717, 1.165) is 53.8 Å². The van der Waals surface area contributed by atoms with E-state index in [2.05, 4.69) is 12.2 Å². The van der Waals surface area contributed by atoms with Gasteiger partial charge in [0.1, 0.15) is 5.75 Å². The Bertz CT molecular complexity index is 996. The lowest BCUT2D eigenvalue weighted by molar-refractivity contribution is 0.0859. The van der Waals surface area contributed by atoms with E-state index in [9.17, 15) is 4.79 Å². The van der Waals surface area contributed by atoms with Crippen molar-refractivity contribution in [1.29, 1.82) is 0 Å². The molecule has 0 spiro atoms. The summed E-state index contributed by atoms with van der Waals surface area (Å²) in [5.41, 5.74) is 3.11. The van der Waals surface area contributed by atoms with Crippen molar-refractivity contribution in [3.05, 3.63) is 60.2 Å². The van der Waals surface area contributed by atoms with Crippen LogP contribution in [-0.2, 0) is 4.74 Å².